The van der Waals surface area contributed by atoms with Gasteiger partial charge in [-0.2, -0.15) is 0 Å². The molecule has 1 heterocycles. The van der Waals surface area contributed by atoms with Crippen molar-refractivity contribution in [1.29, 1.82) is 0 Å². The summed E-state index contributed by atoms with van der Waals surface area (Å²) in [6.07, 6.45) is 2.40. The van der Waals surface area contributed by atoms with E-state index in [1.165, 1.54) is 17.5 Å². The molecule has 0 saturated heterocycles. The highest BCUT2D eigenvalue weighted by Crippen LogP contribution is 2.28. The van der Waals surface area contributed by atoms with Crippen LogP contribution in [0.2, 0.25) is 5.02 Å². The van der Waals surface area contributed by atoms with E-state index >= 15 is 0 Å². The Hall–Kier alpha value is -0.800. The van der Waals surface area contributed by atoms with Crippen LogP contribution < -0.4 is 5.32 Å². The molecule has 98 valence electrons. The zero-order valence-corrected chi connectivity index (χ0v) is 12.6. The van der Waals surface area contributed by atoms with Crippen molar-refractivity contribution in [3.8, 4) is 0 Å². The summed E-state index contributed by atoms with van der Waals surface area (Å²) in [5.41, 5.74) is 0.978. The Morgan fingerprint density at radius 3 is 2.89 bits per heavy atom. The van der Waals surface area contributed by atoms with Crippen LogP contribution in [0, 0.1) is 5.92 Å². The van der Waals surface area contributed by atoms with Gasteiger partial charge in [0.05, 0.1) is 10.2 Å². The lowest BCUT2D eigenvalue weighted by Gasteiger charge is -2.16. The van der Waals surface area contributed by atoms with E-state index in [2.05, 4.69) is 31.1 Å². The zero-order valence-electron chi connectivity index (χ0n) is 11.0. The number of aromatic nitrogens is 1. The van der Waals surface area contributed by atoms with Gasteiger partial charge in [-0.25, -0.2) is 4.98 Å². The van der Waals surface area contributed by atoms with Crippen LogP contribution >= 0.6 is 22.9 Å². The summed E-state index contributed by atoms with van der Waals surface area (Å²) in [7, 11) is 0. The second-order valence-electron chi connectivity index (χ2n) is 4.93. The summed E-state index contributed by atoms with van der Waals surface area (Å²) in [4.78, 5) is 4.57. The van der Waals surface area contributed by atoms with Crippen LogP contribution in [0.4, 0.5) is 5.13 Å². The molecule has 2 nitrogen and oxygen atoms in total. The molecule has 0 aliphatic rings. The van der Waals surface area contributed by atoms with Gasteiger partial charge in [-0.05, 0) is 37.5 Å². The summed E-state index contributed by atoms with van der Waals surface area (Å²) < 4.78 is 1.18. The molecule has 0 amide bonds. The average Bonchev–Trinajstić information content (AvgIpc) is 2.69. The highest BCUT2D eigenvalue weighted by molar-refractivity contribution is 7.22. The lowest BCUT2D eigenvalue weighted by molar-refractivity contribution is 0.484. The summed E-state index contributed by atoms with van der Waals surface area (Å²) in [5.74, 6) is 0.747. The smallest absolute Gasteiger partial charge is 0.183 e. The number of benzene rings is 1. The lowest BCUT2D eigenvalue weighted by Crippen LogP contribution is -2.17. The standard InChI is InChI=1S/C14H19ClN2S/c1-4-9(2)7-10(3)16-14-17-12-8-11(15)5-6-13(12)18-14/h5-6,8-10H,4,7H2,1-3H3,(H,16,17). The van der Waals surface area contributed by atoms with Gasteiger partial charge in [0.2, 0.25) is 0 Å². The van der Waals surface area contributed by atoms with E-state index in [1.54, 1.807) is 11.3 Å². The van der Waals surface area contributed by atoms with Crippen molar-refractivity contribution in [3.63, 3.8) is 0 Å². The first-order chi connectivity index (χ1) is 8.58. The van der Waals surface area contributed by atoms with Gasteiger partial charge in [0.1, 0.15) is 0 Å². The molecule has 0 radical (unpaired) electrons. The van der Waals surface area contributed by atoms with Crippen molar-refractivity contribution < 1.29 is 0 Å². The second-order valence-corrected chi connectivity index (χ2v) is 6.39. The first-order valence-electron chi connectivity index (χ1n) is 6.41. The highest BCUT2D eigenvalue weighted by atomic mass is 35.5. The number of hydrogen-bond donors (Lipinski definition) is 1. The third kappa shape index (κ3) is 3.36. The molecular weight excluding hydrogens is 264 g/mol. The fourth-order valence-corrected chi connectivity index (χ4v) is 3.13. The molecule has 2 aromatic rings. The van der Waals surface area contributed by atoms with Crippen LogP contribution in [-0.4, -0.2) is 11.0 Å². The van der Waals surface area contributed by atoms with Crippen molar-refractivity contribution in [2.45, 2.75) is 39.7 Å². The van der Waals surface area contributed by atoms with Crippen molar-refractivity contribution in [1.82, 2.24) is 4.98 Å². The molecule has 0 aliphatic carbocycles. The van der Waals surface area contributed by atoms with Crippen LogP contribution in [-0.2, 0) is 0 Å². The predicted molar refractivity (Wildman–Crippen MR) is 81.8 cm³/mol. The fourth-order valence-electron chi connectivity index (χ4n) is 2.00. The molecule has 2 unspecified atom stereocenters. The number of hydrogen-bond acceptors (Lipinski definition) is 3. The van der Waals surface area contributed by atoms with E-state index in [-0.39, 0.29) is 0 Å². The maximum Gasteiger partial charge on any atom is 0.183 e. The minimum absolute atomic E-state index is 0.455. The van der Waals surface area contributed by atoms with Gasteiger partial charge in [0.15, 0.2) is 5.13 Å². The molecule has 0 saturated carbocycles. The number of thiazole rings is 1. The Morgan fingerprint density at radius 1 is 1.39 bits per heavy atom. The van der Waals surface area contributed by atoms with E-state index in [1.807, 2.05) is 18.2 Å². The molecule has 1 aromatic carbocycles. The van der Waals surface area contributed by atoms with E-state index in [0.29, 0.717) is 6.04 Å². The van der Waals surface area contributed by atoms with E-state index in [9.17, 15) is 0 Å². The number of anilines is 1. The lowest BCUT2D eigenvalue weighted by atomic mass is 10.0. The molecule has 2 atom stereocenters. The fraction of sp³-hybridized carbons (Fsp3) is 0.500. The number of halogens is 1. The Kier molecular flexibility index (Phi) is 4.46. The second kappa shape index (κ2) is 5.89. The Morgan fingerprint density at radius 2 is 2.17 bits per heavy atom. The van der Waals surface area contributed by atoms with Gasteiger partial charge in [0, 0.05) is 11.1 Å². The molecule has 0 spiro atoms. The normalized spacial score (nSPS) is 14.7. The van der Waals surface area contributed by atoms with E-state index in [0.717, 1.165) is 21.6 Å². The Labute approximate surface area is 117 Å². The largest absolute Gasteiger partial charge is 0.359 e. The zero-order chi connectivity index (χ0) is 13.1. The molecule has 0 fully saturated rings. The van der Waals surface area contributed by atoms with Gasteiger partial charge in [-0.15, -0.1) is 0 Å². The van der Waals surface area contributed by atoms with Gasteiger partial charge in [-0.1, -0.05) is 43.2 Å². The van der Waals surface area contributed by atoms with E-state index < -0.39 is 0 Å². The number of nitrogens with one attached hydrogen (secondary N) is 1. The minimum atomic E-state index is 0.455. The van der Waals surface area contributed by atoms with Crippen LogP contribution in [0.15, 0.2) is 18.2 Å². The molecule has 0 bridgehead atoms. The molecule has 1 N–H and O–H groups in total. The van der Waals surface area contributed by atoms with Gasteiger partial charge >= 0.3 is 0 Å². The first-order valence-corrected chi connectivity index (χ1v) is 7.60. The van der Waals surface area contributed by atoms with Gasteiger partial charge in [-0.3, -0.25) is 0 Å². The highest BCUT2D eigenvalue weighted by Gasteiger charge is 2.10. The third-order valence-corrected chi connectivity index (χ3v) is 4.38. The van der Waals surface area contributed by atoms with Crippen molar-refractivity contribution in [2.75, 3.05) is 5.32 Å². The molecular formula is C14H19ClN2S. The van der Waals surface area contributed by atoms with Crippen LogP contribution in [0.5, 0.6) is 0 Å². The molecule has 18 heavy (non-hydrogen) atoms. The Balaban J connectivity index is 2.07. The summed E-state index contributed by atoms with van der Waals surface area (Å²) >= 11 is 7.65. The van der Waals surface area contributed by atoms with Crippen molar-refractivity contribution >= 4 is 38.3 Å². The predicted octanol–water partition coefficient (Wildman–Crippen LogP) is 5.19. The maximum absolute atomic E-state index is 5.97. The van der Waals surface area contributed by atoms with Crippen molar-refractivity contribution in [2.24, 2.45) is 5.92 Å². The SMILES string of the molecule is CCC(C)CC(C)Nc1nc2cc(Cl)ccc2s1. The van der Waals surface area contributed by atoms with Crippen LogP contribution in [0.3, 0.4) is 0 Å². The number of fused-ring (bicyclic) bond motifs is 1. The summed E-state index contributed by atoms with van der Waals surface area (Å²) in [5, 5.41) is 5.21. The minimum Gasteiger partial charge on any atom is -0.359 e. The number of rotatable bonds is 5. The average molecular weight is 283 g/mol. The quantitative estimate of drug-likeness (QED) is 0.817. The van der Waals surface area contributed by atoms with Gasteiger partial charge in [0.25, 0.3) is 0 Å². The molecule has 2 rings (SSSR count). The summed E-state index contributed by atoms with van der Waals surface area (Å²) in [6.45, 7) is 6.73. The topological polar surface area (TPSA) is 24.9 Å². The summed E-state index contributed by atoms with van der Waals surface area (Å²) in [6, 6.07) is 6.31. The van der Waals surface area contributed by atoms with Crippen LogP contribution in [0.25, 0.3) is 10.2 Å². The Bertz CT molecular complexity index is 523. The third-order valence-electron chi connectivity index (χ3n) is 3.17. The van der Waals surface area contributed by atoms with E-state index in [4.69, 9.17) is 11.6 Å². The maximum atomic E-state index is 5.97. The first kappa shape index (κ1) is 13.6. The monoisotopic (exact) mass is 282 g/mol. The van der Waals surface area contributed by atoms with Crippen molar-refractivity contribution in [3.05, 3.63) is 23.2 Å². The van der Waals surface area contributed by atoms with Gasteiger partial charge < -0.3 is 5.32 Å². The molecule has 0 aliphatic heterocycles. The number of nitrogens with zero attached hydrogens (tertiary/aromatic N) is 1. The van der Waals surface area contributed by atoms with Crippen LogP contribution in [0.1, 0.15) is 33.6 Å². The molecule has 4 heteroatoms. The molecule has 1 aromatic heterocycles.